The topological polar surface area (TPSA) is 91.7 Å². The minimum absolute atomic E-state index is 0.205. The first-order valence-corrected chi connectivity index (χ1v) is 11.1. The van der Waals surface area contributed by atoms with Crippen LogP contribution in [0.5, 0.6) is 5.75 Å². The number of carbonyl (C=O) groups is 2. The third-order valence-electron chi connectivity index (χ3n) is 5.07. The van der Waals surface area contributed by atoms with Crippen molar-refractivity contribution in [2.75, 3.05) is 31.1 Å². The predicted molar refractivity (Wildman–Crippen MR) is 131 cm³/mol. The van der Waals surface area contributed by atoms with Gasteiger partial charge in [-0.15, -0.1) is 0 Å². The van der Waals surface area contributed by atoms with E-state index < -0.39 is 12.2 Å². The molecule has 33 heavy (non-hydrogen) atoms. The van der Waals surface area contributed by atoms with Crippen LogP contribution in [0.15, 0.2) is 53.5 Å². The highest BCUT2D eigenvalue weighted by molar-refractivity contribution is 7.81. The molecule has 0 bridgehead atoms. The number of anilines is 2. The number of hydrogen-bond acceptors (Lipinski definition) is 7. The molecular formula is C24H29N3O5S. The van der Waals surface area contributed by atoms with E-state index in [1.807, 2.05) is 56.0 Å². The molecule has 0 unspecified atom stereocenters. The summed E-state index contributed by atoms with van der Waals surface area (Å²) < 4.78 is 10.1. The van der Waals surface area contributed by atoms with Crippen LogP contribution < -0.4 is 9.64 Å². The Labute approximate surface area is 199 Å². The molecule has 2 aromatic rings. The fourth-order valence-electron chi connectivity index (χ4n) is 3.30. The van der Waals surface area contributed by atoms with Gasteiger partial charge in [-0.05, 0) is 37.6 Å². The Balaban J connectivity index is 1.82. The van der Waals surface area contributed by atoms with E-state index in [1.165, 1.54) is 0 Å². The zero-order valence-electron chi connectivity index (χ0n) is 19.0. The lowest BCUT2D eigenvalue weighted by Crippen LogP contribution is -2.41. The molecular weight excluding hydrogens is 442 g/mol. The van der Waals surface area contributed by atoms with Gasteiger partial charge in [0.25, 0.3) is 0 Å². The van der Waals surface area contributed by atoms with E-state index in [-0.39, 0.29) is 17.1 Å². The monoisotopic (exact) mass is 471 g/mol. The van der Waals surface area contributed by atoms with E-state index in [4.69, 9.17) is 14.6 Å². The van der Waals surface area contributed by atoms with Crippen molar-refractivity contribution in [1.82, 2.24) is 4.90 Å². The second-order valence-electron chi connectivity index (χ2n) is 8.41. The zero-order chi connectivity index (χ0) is 24.0. The lowest BCUT2D eigenvalue weighted by atomic mass is 10.1. The molecule has 1 aliphatic heterocycles. The molecule has 0 aliphatic carbocycles. The van der Waals surface area contributed by atoms with Crippen LogP contribution in [0.1, 0.15) is 25.8 Å². The van der Waals surface area contributed by atoms with Gasteiger partial charge in [0.2, 0.25) is 0 Å². The number of benzene rings is 2. The van der Waals surface area contributed by atoms with Crippen molar-refractivity contribution in [2.45, 2.75) is 31.9 Å². The number of aliphatic imine (C=N–C) groups is 1. The van der Waals surface area contributed by atoms with Gasteiger partial charge in [0.05, 0.1) is 26.2 Å². The molecule has 1 N–H and O–H groups in total. The molecule has 1 aliphatic rings. The van der Waals surface area contributed by atoms with Crippen molar-refractivity contribution in [1.29, 1.82) is 0 Å². The highest BCUT2D eigenvalue weighted by Crippen LogP contribution is 2.29. The quantitative estimate of drug-likeness (QED) is 0.315. The Morgan fingerprint density at radius 3 is 2.58 bits per heavy atom. The lowest BCUT2D eigenvalue weighted by Gasteiger charge is -2.28. The number of ether oxygens (including phenoxy) is 2. The second kappa shape index (κ2) is 10.6. The summed E-state index contributed by atoms with van der Waals surface area (Å²) in [6.45, 7) is 7.44. The third kappa shape index (κ3) is 7.15. The standard InChI is InChI=1S/C24H29N3O5S/c1-17-7-9-18(10-8-17)27(19-5-4-6-20(15-19)32-23(29)30)16-21-25-12-13-26(21)22(28)31-14-11-24(2,3)33/h4-10,15,33H,11-14,16H2,1-3H3,(H,29,30). The Morgan fingerprint density at radius 1 is 1.18 bits per heavy atom. The van der Waals surface area contributed by atoms with E-state index in [2.05, 4.69) is 17.6 Å². The molecule has 176 valence electrons. The molecule has 0 saturated heterocycles. The minimum atomic E-state index is -1.38. The van der Waals surface area contributed by atoms with Crippen molar-refractivity contribution >= 4 is 42.1 Å². The molecule has 0 fully saturated rings. The predicted octanol–water partition coefficient (Wildman–Crippen LogP) is 5.14. The number of thiol groups is 1. The molecule has 0 aromatic heterocycles. The van der Waals surface area contributed by atoms with Crippen molar-refractivity contribution in [3.8, 4) is 5.75 Å². The Morgan fingerprint density at radius 2 is 1.91 bits per heavy atom. The first kappa shape index (κ1) is 24.4. The molecule has 0 spiro atoms. The molecule has 1 heterocycles. The Hall–Kier alpha value is -3.20. The maximum absolute atomic E-state index is 12.7. The summed E-state index contributed by atoms with van der Waals surface area (Å²) >= 11 is 4.46. The summed E-state index contributed by atoms with van der Waals surface area (Å²) in [5.74, 6) is 0.784. The number of amides is 1. The van der Waals surface area contributed by atoms with Gasteiger partial charge >= 0.3 is 12.2 Å². The summed E-state index contributed by atoms with van der Waals surface area (Å²) in [7, 11) is 0. The van der Waals surface area contributed by atoms with E-state index in [0.29, 0.717) is 37.6 Å². The average Bonchev–Trinajstić information content (AvgIpc) is 3.20. The van der Waals surface area contributed by atoms with Crippen LogP contribution in [-0.2, 0) is 4.74 Å². The highest BCUT2D eigenvalue weighted by Gasteiger charge is 2.28. The van der Waals surface area contributed by atoms with Crippen LogP contribution in [0, 0.1) is 6.92 Å². The number of amidine groups is 1. The minimum Gasteiger partial charge on any atom is -0.449 e. The number of nitrogens with zero attached hydrogens (tertiary/aromatic N) is 3. The van der Waals surface area contributed by atoms with Crippen molar-refractivity contribution in [3.05, 3.63) is 54.1 Å². The molecule has 9 heteroatoms. The fourth-order valence-corrected chi connectivity index (χ4v) is 3.40. The maximum atomic E-state index is 12.7. The first-order valence-electron chi connectivity index (χ1n) is 10.7. The van der Waals surface area contributed by atoms with Gasteiger partial charge in [0.1, 0.15) is 11.6 Å². The zero-order valence-corrected chi connectivity index (χ0v) is 19.9. The number of rotatable bonds is 8. The van der Waals surface area contributed by atoms with Gasteiger partial charge in [-0.3, -0.25) is 9.89 Å². The Kier molecular flexibility index (Phi) is 7.86. The van der Waals surface area contributed by atoms with Crippen LogP contribution in [0.4, 0.5) is 21.0 Å². The second-order valence-corrected chi connectivity index (χ2v) is 9.62. The van der Waals surface area contributed by atoms with Gasteiger partial charge in [-0.25, -0.2) is 9.59 Å². The summed E-state index contributed by atoms with van der Waals surface area (Å²) in [6.07, 6.45) is -1.18. The molecule has 0 radical (unpaired) electrons. The van der Waals surface area contributed by atoms with Crippen LogP contribution in [0.3, 0.4) is 0 Å². The van der Waals surface area contributed by atoms with E-state index in [9.17, 15) is 9.59 Å². The van der Waals surface area contributed by atoms with Crippen molar-refractivity contribution in [2.24, 2.45) is 4.99 Å². The summed E-state index contributed by atoms with van der Waals surface area (Å²) in [5, 5.41) is 8.97. The SMILES string of the molecule is Cc1ccc(N(CC2=NCCN2C(=O)OCCC(C)(C)S)c2cccc(OC(=O)O)c2)cc1. The van der Waals surface area contributed by atoms with Gasteiger partial charge in [0, 0.05) is 22.2 Å². The molecule has 2 aromatic carbocycles. The van der Waals surface area contributed by atoms with E-state index in [1.54, 1.807) is 23.1 Å². The number of carbonyl (C=O) groups excluding carboxylic acids is 1. The fraction of sp³-hybridized carbons (Fsp3) is 0.375. The summed E-state index contributed by atoms with van der Waals surface area (Å²) in [6, 6.07) is 14.7. The van der Waals surface area contributed by atoms with E-state index in [0.717, 1.165) is 11.3 Å². The maximum Gasteiger partial charge on any atom is 0.511 e. The molecule has 8 nitrogen and oxygen atoms in total. The van der Waals surface area contributed by atoms with Crippen molar-refractivity contribution < 1.29 is 24.2 Å². The summed E-state index contributed by atoms with van der Waals surface area (Å²) in [4.78, 5) is 31.7. The number of carboxylic acid groups (broad SMARTS) is 1. The molecule has 3 rings (SSSR count). The van der Waals surface area contributed by atoms with Gasteiger partial charge < -0.3 is 19.5 Å². The molecule has 1 amide bonds. The van der Waals surface area contributed by atoms with Crippen LogP contribution in [-0.4, -0.2) is 59.1 Å². The number of aryl methyl sites for hydroxylation is 1. The third-order valence-corrected chi connectivity index (χ3v) is 5.29. The van der Waals surface area contributed by atoms with Crippen LogP contribution >= 0.6 is 12.6 Å². The van der Waals surface area contributed by atoms with Gasteiger partial charge in [-0.1, -0.05) is 37.6 Å². The normalized spacial score (nSPS) is 13.5. The van der Waals surface area contributed by atoms with Crippen LogP contribution in [0.25, 0.3) is 0 Å². The smallest absolute Gasteiger partial charge is 0.449 e. The largest absolute Gasteiger partial charge is 0.511 e. The molecule has 0 atom stereocenters. The number of hydrogen-bond donors (Lipinski definition) is 2. The van der Waals surface area contributed by atoms with Gasteiger partial charge in [-0.2, -0.15) is 12.6 Å². The Bertz CT molecular complexity index is 1020. The van der Waals surface area contributed by atoms with Crippen LogP contribution in [0.2, 0.25) is 0 Å². The van der Waals surface area contributed by atoms with E-state index >= 15 is 0 Å². The highest BCUT2D eigenvalue weighted by atomic mass is 32.1. The average molecular weight is 472 g/mol. The lowest BCUT2D eigenvalue weighted by molar-refractivity contribution is 0.121. The van der Waals surface area contributed by atoms with Gasteiger partial charge in [0.15, 0.2) is 0 Å². The molecule has 0 saturated carbocycles. The summed E-state index contributed by atoms with van der Waals surface area (Å²) in [5.41, 5.74) is 2.68. The van der Waals surface area contributed by atoms with Crippen molar-refractivity contribution in [3.63, 3.8) is 0 Å². The first-order chi connectivity index (χ1) is 15.6.